The molecule has 1 fully saturated rings. The van der Waals surface area contributed by atoms with E-state index in [-0.39, 0.29) is 11.9 Å². The van der Waals surface area contributed by atoms with Crippen molar-refractivity contribution in [1.29, 1.82) is 0 Å². The molecule has 178 valence electrons. The van der Waals surface area contributed by atoms with Crippen LogP contribution in [-0.2, 0) is 27.4 Å². The third-order valence-corrected chi connectivity index (χ3v) is 7.16. The Labute approximate surface area is 212 Å². The topological polar surface area (TPSA) is 65.0 Å². The second kappa shape index (κ2) is 12.1. The number of aliphatic hydroxyl groups is 1. The van der Waals surface area contributed by atoms with Gasteiger partial charge in [-0.1, -0.05) is 65.7 Å². The number of hydrogen-bond donors (Lipinski definition) is 1. The Morgan fingerprint density at radius 2 is 1.41 bits per heavy atom. The van der Waals surface area contributed by atoms with Gasteiger partial charge >= 0.3 is 5.97 Å². The van der Waals surface area contributed by atoms with Crippen molar-refractivity contribution in [2.75, 3.05) is 6.61 Å². The van der Waals surface area contributed by atoms with Gasteiger partial charge in [-0.2, -0.15) is 0 Å². The summed E-state index contributed by atoms with van der Waals surface area (Å²) >= 11 is 13.2. The molecule has 34 heavy (non-hydrogen) atoms. The van der Waals surface area contributed by atoms with Crippen molar-refractivity contribution in [2.45, 2.75) is 36.1 Å². The van der Waals surface area contributed by atoms with E-state index in [9.17, 15) is 9.90 Å². The number of benzene rings is 3. The number of halogens is 2. The predicted molar refractivity (Wildman–Crippen MR) is 134 cm³/mol. The summed E-state index contributed by atoms with van der Waals surface area (Å²) in [5, 5.41) is 11.8. The van der Waals surface area contributed by atoms with Gasteiger partial charge in [0.15, 0.2) is 6.10 Å². The fourth-order valence-corrected chi connectivity index (χ4v) is 5.12. The molecular formula is C26H24Cl2O5S. The Kier molecular flexibility index (Phi) is 8.89. The summed E-state index contributed by atoms with van der Waals surface area (Å²) in [6.07, 6.45) is -1.40. The normalized spacial score (nSPS) is 22.0. The van der Waals surface area contributed by atoms with Gasteiger partial charge in [0.2, 0.25) is 0 Å². The highest BCUT2D eigenvalue weighted by Crippen LogP contribution is 2.38. The van der Waals surface area contributed by atoms with Crippen LogP contribution in [0.4, 0.5) is 0 Å². The number of rotatable bonds is 9. The molecule has 1 aliphatic rings. The van der Waals surface area contributed by atoms with Crippen molar-refractivity contribution in [3.8, 4) is 0 Å². The molecule has 4 rings (SSSR count). The van der Waals surface area contributed by atoms with Gasteiger partial charge in [0.25, 0.3) is 0 Å². The van der Waals surface area contributed by atoms with Gasteiger partial charge in [0.1, 0.15) is 11.5 Å². The third-order valence-electron chi connectivity index (χ3n) is 5.36. The molecule has 0 aromatic heterocycles. The molecule has 8 heteroatoms. The van der Waals surface area contributed by atoms with Crippen LogP contribution in [0, 0.1) is 0 Å². The van der Waals surface area contributed by atoms with Crippen molar-refractivity contribution >= 4 is 40.9 Å². The van der Waals surface area contributed by atoms with E-state index >= 15 is 0 Å². The smallest absolute Gasteiger partial charge is 0.338 e. The van der Waals surface area contributed by atoms with Crippen molar-refractivity contribution in [2.24, 2.45) is 0 Å². The lowest BCUT2D eigenvalue weighted by molar-refractivity contribution is -0.0806. The molecule has 0 bridgehead atoms. The van der Waals surface area contributed by atoms with E-state index in [1.54, 1.807) is 36.4 Å². The number of hydrogen-bond acceptors (Lipinski definition) is 6. The molecule has 0 spiro atoms. The average molecular weight is 519 g/mol. The summed E-state index contributed by atoms with van der Waals surface area (Å²) in [4.78, 5) is 12.7. The first-order valence-electron chi connectivity index (χ1n) is 10.8. The second-order valence-corrected chi connectivity index (χ2v) is 10.1. The van der Waals surface area contributed by atoms with E-state index in [1.165, 1.54) is 11.8 Å². The lowest BCUT2D eigenvalue weighted by Crippen LogP contribution is -2.40. The lowest BCUT2D eigenvalue weighted by atomic mass is 10.1. The van der Waals surface area contributed by atoms with Gasteiger partial charge in [0.05, 0.1) is 30.6 Å². The van der Waals surface area contributed by atoms with Gasteiger partial charge in [-0.05, 0) is 47.5 Å². The zero-order chi connectivity index (χ0) is 23.9. The van der Waals surface area contributed by atoms with E-state index in [2.05, 4.69) is 0 Å². The molecule has 3 aromatic rings. The Morgan fingerprint density at radius 1 is 0.824 bits per heavy atom. The van der Waals surface area contributed by atoms with Gasteiger partial charge in [-0.3, -0.25) is 0 Å². The molecule has 1 heterocycles. The molecule has 4 atom stereocenters. The second-order valence-electron chi connectivity index (χ2n) is 7.84. The number of carbonyl (C=O) groups excluding carboxylic acids is 1. The number of esters is 1. The molecule has 0 radical (unpaired) electrons. The highest BCUT2D eigenvalue weighted by Gasteiger charge is 2.47. The molecule has 0 aliphatic carbocycles. The first kappa shape index (κ1) is 25.0. The van der Waals surface area contributed by atoms with Crippen LogP contribution in [0.15, 0.2) is 78.9 Å². The van der Waals surface area contributed by atoms with Crippen LogP contribution >= 0.6 is 35.0 Å². The molecule has 0 saturated carbocycles. The quantitative estimate of drug-likeness (QED) is 0.363. The number of aliphatic hydroxyl groups excluding tert-OH is 1. The summed E-state index contributed by atoms with van der Waals surface area (Å²) in [5.74, 6) is -0.506. The maximum atomic E-state index is 12.7. The van der Waals surface area contributed by atoms with Crippen LogP contribution < -0.4 is 0 Å². The highest BCUT2D eigenvalue weighted by atomic mass is 35.5. The minimum absolute atomic E-state index is 0.233. The fraction of sp³-hybridized carbons (Fsp3) is 0.269. The lowest BCUT2D eigenvalue weighted by Gasteiger charge is -2.25. The van der Waals surface area contributed by atoms with E-state index in [1.807, 2.05) is 42.5 Å². The zero-order valence-corrected chi connectivity index (χ0v) is 20.5. The van der Waals surface area contributed by atoms with Crippen LogP contribution in [0.2, 0.25) is 10.0 Å². The molecule has 5 nitrogen and oxygen atoms in total. The van der Waals surface area contributed by atoms with Gasteiger partial charge in [0, 0.05) is 10.0 Å². The first-order chi connectivity index (χ1) is 16.5. The van der Waals surface area contributed by atoms with Gasteiger partial charge in [-0.15, -0.1) is 11.8 Å². The Hall–Kier alpha value is -2.06. The molecule has 1 N–H and O–H groups in total. The molecule has 1 saturated heterocycles. The van der Waals surface area contributed by atoms with Crippen LogP contribution in [-0.4, -0.2) is 40.6 Å². The highest BCUT2D eigenvalue weighted by molar-refractivity contribution is 8.00. The Bertz CT molecular complexity index is 1060. The maximum absolute atomic E-state index is 12.7. The number of thioether (sulfide) groups is 1. The molecule has 1 unspecified atom stereocenters. The minimum Gasteiger partial charge on any atom is -0.452 e. The monoisotopic (exact) mass is 518 g/mol. The standard InChI is InChI=1S/C26H24Cl2O5S/c27-20-10-6-17(7-11-20)14-31-16-22-23(32-15-18-8-12-21(28)13-9-18)24(26(30)34-22)33-25(29)19-4-2-1-3-5-19/h1-13,22-24,26,30H,14-16H2/t22-,23-,24+,26?/m1/s1. The molecule has 0 amide bonds. The van der Waals surface area contributed by atoms with Crippen molar-refractivity contribution in [3.05, 3.63) is 106 Å². The van der Waals surface area contributed by atoms with Crippen molar-refractivity contribution in [1.82, 2.24) is 0 Å². The summed E-state index contributed by atoms with van der Waals surface area (Å²) < 4.78 is 17.8. The van der Waals surface area contributed by atoms with Gasteiger partial charge < -0.3 is 19.3 Å². The van der Waals surface area contributed by atoms with Gasteiger partial charge in [-0.25, -0.2) is 4.79 Å². The van der Waals surface area contributed by atoms with E-state index < -0.39 is 23.6 Å². The van der Waals surface area contributed by atoms with Crippen LogP contribution in [0.5, 0.6) is 0 Å². The molecule has 3 aromatic carbocycles. The summed E-state index contributed by atoms with van der Waals surface area (Å²) in [7, 11) is 0. The number of ether oxygens (including phenoxy) is 3. The summed E-state index contributed by atoms with van der Waals surface area (Å²) in [6, 6.07) is 23.4. The number of carbonyl (C=O) groups is 1. The summed E-state index contributed by atoms with van der Waals surface area (Å²) in [5.41, 5.74) is 1.38. The minimum atomic E-state index is -0.938. The van der Waals surface area contributed by atoms with E-state index in [0.29, 0.717) is 28.8 Å². The predicted octanol–water partition coefficient (Wildman–Crippen LogP) is 5.75. The van der Waals surface area contributed by atoms with Crippen LogP contribution in [0.25, 0.3) is 0 Å². The van der Waals surface area contributed by atoms with E-state index in [0.717, 1.165) is 11.1 Å². The van der Waals surface area contributed by atoms with Crippen molar-refractivity contribution < 1.29 is 24.1 Å². The van der Waals surface area contributed by atoms with E-state index in [4.69, 9.17) is 37.4 Å². The Morgan fingerprint density at radius 3 is 2.03 bits per heavy atom. The SMILES string of the molecule is O=C(O[C@@H]1C(O)S[C@H](COCc2ccc(Cl)cc2)[C@H]1OCc1ccc(Cl)cc1)c1ccccc1. The molecular weight excluding hydrogens is 495 g/mol. The maximum Gasteiger partial charge on any atom is 0.338 e. The zero-order valence-electron chi connectivity index (χ0n) is 18.2. The van der Waals surface area contributed by atoms with Crippen molar-refractivity contribution in [3.63, 3.8) is 0 Å². The summed E-state index contributed by atoms with van der Waals surface area (Å²) in [6.45, 7) is 0.986. The fourth-order valence-electron chi connectivity index (χ4n) is 3.58. The third kappa shape index (κ3) is 6.75. The largest absolute Gasteiger partial charge is 0.452 e. The average Bonchev–Trinajstić information content (AvgIpc) is 3.14. The van der Waals surface area contributed by atoms with Crippen LogP contribution in [0.3, 0.4) is 0 Å². The first-order valence-corrected chi connectivity index (χ1v) is 12.5. The molecule has 1 aliphatic heterocycles. The Balaban J connectivity index is 1.43. The van der Waals surface area contributed by atoms with Crippen LogP contribution in [0.1, 0.15) is 21.5 Å².